The Morgan fingerprint density at radius 1 is 1.03 bits per heavy atom. The van der Waals surface area contributed by atoms with Crippen molar-refractivity contribution in [3.05, 3.63) is 63.1 Å². The number of amides is 1. The number of anilines is 1. The molecule has 7 heteroatoms. The standard InChI is InChI=1S/C24H26Cl3N3O/c1-2-29(19-6-4-3-5-7-19)24(31)21-15-23(16-8-10-17(25)11-9-16)30(28-21)22-13-12-18(26)14-20(22)27/h8-14,19,23H,2-7,15H2,1H3. The number of nitrogens with zero attached hydrogens (tertiary/aromatic N) is 3. The molecule has 0 spiro atoms. The zero-order valence-corrected chi connectivity index (χ0v) is 19.8. The Labute approximate surface area is 198 Å². The second kappa shape index (κ2) is 9.81. The molecular weight excluding hydrogens is 453 g/mol. The number of hydrogen-bond acceptors (Lipinski definition) is 3. The van der Waals surface area contributed by atoms with E-state index in [9.17, 15) is 4.79 Å². The lowest BCUT2D eigenvalue weighted by atomic mass is 9.93. The van der Waals surface area contributed by atoms with E-state index in [-0.39, 0.29) is 11.9 Å². The van der Waals surface area contributed by atoms with Crippen LogP contribution in [-0.2, 0) is 4.79 Å². The van der Waals surface area contributed by atoms with Gasteiger partial charge < -0.3 is 4.90 Å². The lowest BCUT2D eigenvalue weighted by Crippen LogP contribution is -2.44. The summed E-state index contributed by atoms with van der Waals surface area (Å²) < 4.78 is 0. The molecule has 4 rings (SSSR count). The van der Waals surface area contributed by atoms with Gasteiger partial charge in [0.1, 0.15) is 5.71 Å². The van der Waals surface area contributed by atoms with E-state index in [1.165, 1.54) is 19.3 Å². The SMILES string of the molecule is CCN(C(=O)C1=NN(c2ccc(Cl)cc2Cl)C(c2ccc(Cl)cc2)C1)C1CCCCC1. The van der Waals surface area contributed by atoms with E-state index in [4.69, 9.17) is 39.9 Å². The van der Waals surface area contributed by atoms with E-state index in [2.05, 4.69) is 0 Å². The summed E-state index contributed by atoms with van der Waals surface area (Å²) in [4.78, 5) is 15.5. The van der Waals surface area contributed by atoms with Crippen molar-refractivity contribution >= 4 is 52.1 Å². The van der Waals surface area contributed by atoms with Gasteiger partial charge in [0.2, 0.25) is 0 Å². The van der Waals surface area contributed by atoms with Crippen molar-refractivity contribution in [1.29, 1.82) is 0 Å². The van der Waals surface area contributed by atoms with E-state index >= 15 is 0 Å². The maximum absolute atomic E-state index is 13.5. The van der Waals surface area contributed by atoms with Crippen LogP contribution in [0.5, 0.6) is 0 Å². The Kier molecular flexibility index (Phi) is 7.10. The van der Waals surface area contributed by atoms with Crippen molar-refractivity contribution < 1.29 is 4.79 Å². The molecule has 1 unspecified atom stereocenters. The third-order valence-corrected chi connectivity index (χ3v) is 6.98. The summed E-state index contributed by atoms with van der Waals surface area (Å²) in [5.74, 6) is 0.0287. The molecule has 0 saturated heterocycles. The largest absolute Gasteiger partial charge is 0.335 e. The highest BCUT2D eigenvalue weighted by atomic mass is 35.5. The fourth-order valence-corrected chi connectivity index (χ4v) is 5.22. The molecule has 0 aromatic heterocycles. The van der Waals surface area contributed by atoms with Crippen molar-refractivity contribution in [2.45, 2.75) is 57.5 Å². The van der Waals surface area contributed by atoms with E-state index in [1.807, 2.05) is 47.2 Å². The van der Waals surface area contributed by atoms with E-state index in [0.29, 0.717) is 39.8 Å². The molecule has 2 aromatic rings. The Balaban J connectivity index is 1.67. The molecule has 1 aliphatic carbocycles. The highest BCUT2D eigenvalue weighted by molar-refractivity contribution is 6.40. The van der Waals surface area contributed by atoms with Gasteiger partial charge in [-0.05, 0) is 55.7 Å². The molecule has 4 nitrogen and oxygen atoms in total. The van der Waals surface area contributed by atoms with Crippen LogP contribution in [0.15, 0.2) is 47.6 Å². The Morgan fingerprint density at radius 3 is 2.35 bits per heavy atom. The fraction of sp³-hybridized carbons (Fsp3) is 0.417. The summed E-state index contributed by atoms with van der Waals surface area (Å²) in [6, 6.07) is 13.2. The quantitative estimate of drug-likeness (QED) is 0.458. The second-order valence-electron chi connectivity index (χ2n) is 8.14. The van der Waals surface area contributed by atoms with Crippen LogP contribution in [0.25, 0.3) is 0 Å². The van der Waals surface area contributed by atoms with Crippen LogP contribution in [0, 0.1) is 0 Å². The van der Waals surface area contributed by atoms with Crippen molar-refractivity contribution in [1.82, 2.24) is 4.90 Å². The molecule has 31 heavy (non-hydrogen) atoms. The van der Waals surface area contributed by atoms with Gasteiger partial charge in [0.15, 0.2) is 0 Å². The molecule has 1 fully saturated rings. The minimum absolute atomic E-state index is 0.0287. The zero-order chi connectivity index (χ0) is 22.0. The van der Waals surface area contributed by atoms with E-state index in [1.54, 1.807) is 12.1 Å². The third kappa shape index (κ3) is 4.87. The first-order valence-corrected chi connectivity index (χ1v) is 12.0. The van der Waals surface area contributed by atoms with E-state index in [0.717, 1.165) is 24.1 Å². The maximum atomic E-state index is 13.5. The number of carbonyl (C=O) groups excluding carboxylic acids is 1. The number of carbonyl (C=O) groups is 1. The molecular formula is C24H26Cl3N3O. The van der Waals surface area contributed by atoms with E-state index < -0.39 is 0 Å². The molecule has 1 aliphatic heterocycles. The average molecular weight is 479 g/mol. The maximum Gasteiger partial charge on any atom is 0.270 e. The van der Waals surface area contributed by atoms with Crippen molar-refractivity contribution in [3.8, 4) is 0 Å². The molecule has 0 radical (unpaired) electrons. The Morgan fingerprint density at radius 2 is 1.71 bits per heavy atom. The first kappa shape index (κ1) is 22.4. The highest BCUT2D eigenvalue weighted by Crippen LogP contribution is 2.40. The molecule has 1 amide bonds. The summed E-state index contributed by atoms with van der Waals surface area (Å²) in [6.45, 7) is 2.74. The van der Waals surface area contributed by atoms with Gasteiger partial charge in [-0.1, -0.05) is 66.2 Å². The number of hydrogen-bond donors (Lipinski definition) is 0. The van der Waals surface area contributed by atoms with Crippen LogP contribution < -0.4 is 5.01 Å². The smallest absolute Gasteiger partial charge is 0.270 e. The van der Waals surface area contributed by atoms with Gasteiger partial charge in [0.05, 0.1) is 16.8 Å². The molecule has 0 N–H and O–H groups in total. The average Bonchev–Trinajstić information content (AvgIpc) is 3.20. The fourth-order valence-electron chi connectivity index (χ4n) is 4.60. The molecule has 2 aliphatic rings. The van der Waals surface area contributed by atoms with Crippen LogP contribution in [0.3, 0.4) is 0 Å². The van der Waals surface area contributed by atoms with Crippen LogP contribution in [0.1, 0.15) is 57.1 Å². The van der Waals surface area contributed by atoms with Gasteiger partial charge in [-0.15, -0.1) is 0 Å². The lowest BCUT2D eigenvalue weighted by Gasteiger charge is -2.33. The molecule has 2 aromatic carbocycles. The van der Waals surface area contributed by atoms with Crippen LogP contribution in [0.4, 0.5) is 5.69 Å². The number of hydrazone groups is 1. The van der Waals surface area contributed by atoms with Gasteiger partial charge >= 0.3 is 0 Å². The van der Waals surface area contributed by atoms with Crippen molar-refractivity contribution in [3.63, 3.8) is 0 Å². The molecule has 1 heterocycles. The van der Waals surface area contributed by atoms with Crippen molar-refractivity contribution in [2.24, 2.45) is 5.10 Å². The van der Waals surface area contributed by atoms with Gasteiger partial charge in [0, 0.05) is 29.1 Å². The number of rotatable bonds is 5. The Bertz CT molecular complexity index is 971. The van der Waals surface area contributed by atoms with Gasteiger partial charge in [0.25, 0.3) is 5.91 Å². The van der Waals surface area contributed by atoms with Crippen LogP contribution in [-0.4, -0.2) is 29.1 Å². The molecule has 0 bridgehead atoms. The minimum Gasteiger partial charge on any atom is -0.335 e. The first-order chi connectivity index (χ1) is 15.0. The summed E-state index contributed by atoms with van der Waals surface area (Å²) in [5.41, 5.74) is 2.33. The zero-order valence-electron chi connectivity index (χ0n) is 17.5. The Hall–Kier alpha value is -1.75. The minimum atomic E-state index is -0.139. The normalized spacial score (nSPS) is 19.4. The van der Waals surface area contributed by atoms with Gasteiger partial charge in [-0.25, -0.2) is 0 Å². The van der Waals surface area contributed by atoms with Crippen LogP contribution >= 0.6 is 34.8 Å². The van der Waals surface area contributed by atoms with Gasteiger partial charge in [-0.2, -0.15) is 5.10 Å². The first-order valence-electron chi connectivity index (χ1n) is 10.9. The molecule has 164 valence electrons. The summed E-state index contributed by atoms with van der Waals surface area (Å²) >= 11 is 18.7. The topological polar surface area (TPSA) is 35.9 Å². The number of halogens is 3. The summed E-state index contributed by atoms with van der Waals surface area (Å²) in [5, 5.41) is 8.38. The van der Waals surface area contributed by atoms with Crippen molar-refractivity contribution in [2.75, 3.05) is 11.6 Å². The second-order valence-corrected chi connectivity index (χ2v) is 9.42. The molecule has 1 saturated carbocycles. The highest BCUT2D eigenvalue weighted by Gasteiger charge is 2.36. The summed E-state index contributed by atoms with van der Waals surface area (Å²) in [7, 11) is 0. The van der Waals surface area contributed by atoms with Crippen LogP contribution in [0.2, 0.25) is 15.1 Å². The third-order valence-electron chi connectivity index (χ3n) is 6.19. The predicted octanol–water partition coefficient (Wildman–Crippen LogP) is 7.14. The number of benzene rings is 2. The van der Waals surface area contributed by atoms with Gasteiger partial charge in [-0.3, -0.25) is 9.80 Å². The monoisotopic (exact) mass is 477 g/mol. The lowest BCUT2D eigenvalue weighted by molar-refractivity contribution is -0.126. The molecule has 1 atom stereocenters. The summed E-state index contributed by atoms with van der Waals surface area (Å²) in [6.07, 6.45) is 6.27. The predicted molar refractivity (Wildman–Crippen MR) is 129 cm³/mol.